The molecule has 2 heterocycles. The van der Waals surface area contributed by atoms with Gasteiger partial charge in [-0.05, 0) is 69.9 Å². The highest BCUT2D eigenvalue weighted by molar-refractivity contribution is 6.10. The third kappa shape index (κ3) is 3.41. The van der Waals surface area contributed by atoms with Crippen molar-refractivity contribution < 1.29 is 18.7 Å². The lowest BCUT2D eigenvalue weighted by Crippen LogP contribution is -2.50. The van der Waals surface area contributed by atoms with Gasteiger partial charge < -0.3 is 19.8 Å². The van der Waals surface area contributed by atoms with Gasteiger partial charge in [0.15, 0.2) is 5.78 Å². The van der Waals surface area contributed by atoms with Crippen molar-refractivity contribution in [3.8, 4) is 0 Å². The van der Waals surface area contributed by atoms with Gasteiger partial charge in [-0.2, -0.15) is 0 Å². The Hall–Kier alpha value is -1.66. The number of fused-ring (bicyclic) bond motifs is 2. The van der Waals surface area contributed by atoms with Gasteiger partial charge in [0.1, 0.15) is 11.5 Å². The number of carbonyl (C=O) groups is 2. The van der Waals surface area contributed by atoms with Gasteiger partial charge >= 0.3 is 0 Å². The van der Waals surface area contributed by atoms with Crippen molar-refractivity contribution in [2.75, 3.05) is 19.7 Å². The van der Waals surface area contributed by atoms with Gasteiger partial charge in [-0.25, -0.2) is 0 Å². The van der Waals surface area contributed by atoms with Crippen molar-refractivity contribution in [3.05, 3.63) is 22.6 Å². The Labute approximate surface area is 165 Å². The maximum Gasteiger partial charge on any atom is 0.255 e. The minimum absolute atomic E-state index is 0.00366. The van der Waals surface area contributed by atoms with E-state index in [2.05, 4.69) is 10.6 Å². The van der Waals surface area contributed by atoms with Gasteiger partial charge in [-0.3, -0.25) is 9.59 Å². The summed E-state index contributed by atoms with van der Waals surface area (Å²) in [6, 6.07) is -0.00366. The Morgan fingerprint density at radius 2 is 2.00 bits per heavy atom. The molecular weight excluding hydrogens is 356 g/mol. The Balaban J connectivity index is 1.35. The lowest BCUT2D eigenvalue weighted by molar-refractivity contribution is -0.0211. The van der Waals surface area contributed by atoms with Gasteiger partial charge in [-0.15, -0.1) is 0 Å². The molecule has 1 aliphatic heterocycles. The van der Waals surface area contributed by atoms with Crippen LogP contribution in [0.5, 0.6) is 0 Å². The van der Waals surface area contributed by atoms with Gasteiger partial charge in [0.05, 0.1) is 23.3 Å². The van der Waals surface area contributed by atoms with Crippen LogP contribution < -0.4 is 10.6 Å². The Morgan fingerprint density at radius 1 is 1.21 bits per heavy atom. The van der Waals surface area contributed by atoms with E-state index in [-0.39, 0.29) is 23.8 Å². The molecule has 5 rings (SSSR count). The quantitative estimate of drug-likeness (QED) is 0.813. The van der Waals surface area contributed by atoms with Crippen LogP contribution in [0.2, 0.25) is 0 Å². The van der Waals surface area contributed by atoms with Crippen LogP contribution in [0, 0.1) is 24.7 Å². The molecule has 3 aliphatic carbocycles. The van der Waals surface area contributed by atoms with E-state index in [1.807, 2.05) is 0 Å². The number of furan rings is 1. The number of hydrogen-bond donors (Lipinski definition) is 2. The molecular formula is C22H30N2O4. The highest BCUT2D eigenvalue weighted by Crippen LogP contribution is 2.37. The lowest BCUT2D eigenvalue weighted by Gasteiger charge is -2.38. The molecule has 6 nitrogen and oxygen atoms in total. The summed E-state index contributed by atoms with van der Waals surface area (Å²) >= 11 is 0. The summed E-state index contributed by atoms with van der Waals surface area (Å²) in [4.78, 5) is 25.6. The molecule has 0 bridgehead atoms. The van der Waals surface area contributed by atoms with Crippen LogP contribution in [-0.4, -0.2) is 43.5 Å². The fourth-order valence-corrected chi connectivity index (χ4v) is 5.28. The average molecular weight is 386 g/mol. The molecule has 1 amide bonds. The van der Waals surface area contributed by atoms with Crippen LogP contribution in [0.3, 0.4) is 0 Å². The molecule has 0 aromatic carbocycles. The normalized spacial score (nSPS) is 32.1. The summed E-state index contributed by atoms with van der Waals surface area (Å²) in [5.41, 5.74) is 0.972. The summed E-state index contributed by atoms with van der Waals surface area (Å²) < 4.78 is 12.1. The largest absolute Gasteiger partial charge is 0.465 e. The van der Waals surface area contributed by atoms with Crippen molar-refractivity contribution in [1.29, 1.82) is 0 Å². The summed E-state index contributed by atoms with van der Waals surface area (Å²) in [5.74, 6) is 3.04. The third-order valence-corrected chi connectivity index (χ3v) is 7.05. The van der Waals surface area contributed by atoms with Crippen molar-refractivity contribution in [2.24, 2.45) is 17.8 Å². The Bertz CT molecular complexity index is 782. The van der Waals surface area contributed by atoms with Crippen LogP contribution >= 0.6 is 0 Å². The first kappa shape index (κ1) is 18.4. The van der Waals surface area contributed by atoms with E-state index < -0.39 is 0 Å². The van der Waals surface area contributed by atoms with Gasteiger partial charge in [0, 0.05) is 19.4 Å². The van der Waals surface area contributed by atoms with Gasteiger partial charge in [0.25, 0.3) is 5.91 Å². The number of aryl methyl sites for hydroxylation is 2. The molecule has 2 N–H and O–H groups in total. The van der Waals surface area contributed by atoms with E-state index in [4.69, 9.17) is 9.15 Å². The van der Waals surface area contributed by atoms with E-state index in [0.29, 0.717) is 46.8 Å². The zero-order chi connectivity index (χ0) is 19.3. The number of nitrogens with one attached hydrogen (secondary N) is 2. The molecule has 3 fully saturated rings. The number of carbonyl (C=O) groups excluding carboxylic acids is 2. The molecule has 6 heteroatoms. The molecule has 28 heavy (non-hydrogen) atoms. The van der Waals surface area contributed by atoms with E-state index in [9.17, 15) is 9.59 Å². The number of ketones is 1. The predicted molar refractivity (Wildman–Crippen MR) is 104 cm³/mol. The topological polar surface area (TPSA) is 80.6 Å². The van der Waals surface area contributed by atoms with E-state index in [0.717, 1.165) is 45.4 Å². The van der Waals surface area contributed by atoms with Crippen molar-refractivity contribution in [2.45, 2.75) is 64.0 Å². The smallest absolute Gasteiger partial charge is 0.255 e. The minimum atomic E-state index is -0.174. The van der Waals surface area contributed by atoms with Crippen LogP contribution in [-0.2, 0) is 11.2 Å². The molecule has 1 aromatic rings. The first-order valence-electron chi connectivity index (χ1n) is 10.9. The summed E-state index contributed by atoms with van der Waals surface area (Å²) in [6.07, 6.45) is 6.56. The first-order valence-corrected chi connectivity index (χ1v) is 10.9. The van der Waals surface area contributed by atoms with E-state index >= 15 is 0 Å². The number of hydrogen-bond acceptors (Lipinski definition) is 5. The Kier molecular flexibility index (Phi) is 4.79. The second-order valence-electron chi connectivity index (χ2n) is 9.15. The minimum Gasteiger partial charge on any atom is -0.465 e. The molecule has 152 valence electrons. The van der Waals surface area contributed by atoms with Crippen molar-refractivity contribution >= 4 is 11.7 Å². The summed E-state index contributed by atoms with van der Waals surface area (Å²) in [6.45, 7) is 4.67. The molecule has 1 saturated heterocycles. The molecule has 0 unspecified atom stereocenters. The monoisotopic (exact) mass is 386 g/mol. The standard InChI is InChI=1S/C22H30N2O4/c1-12-20(21-17(25)3-2-4-18(21)28-12)22(26)24-16-7-14-9-23-10-15(14)8-19(16)27-11-13-5-6-13/h13-16,19,23H,2-11H2,1H3,(H,24,26)/t14-,15+,16-,19-/m0/s1. The van der Waals surface area contributed by atoms with Crippen molar-refractivity contribution in [1.82, 2.24) is 10.6 Å². The molecule has 4 aliphatic rings. The predicted octanol–water partition coefficient (Wildman–Crippen LogP) is 2.63. The SMILES string of the molecule is Cc1oc2c(c1C(=O)N[C@H]1C[C@H]3CNC[C@H]3C[C@@H]1OCC1CC1)C(=O)CCC2. The fourth-order valence-electron chi connectivity index (χ4n) is 5.28. The number of Topliss-reactive ketones (excluding diaryl/α,β-unsaturated/α-hetero) is 1. The first-order chi connectivity index (χ1) is 13.6. The van der Waals surface area contributed by atoms with Crippen LogP contribution in [0.1, 0.15) is 70.8 Å². The molecule has 1 aromatic heterocycles. The van der Waals surface area contributed by atoms with Crippen LogP contribution in [0.4, 0.5) is 0 Å². The zero-order valence-corrected chi connectivity index (χ0v) is 16.6. The lowest BCUT2D eigenvalue weighted by atomic mass is 9.77. The maximum atomic E-state index is 13.2. The highest BCUT2D eigenvalue weighted by Gasteiger charge is 2.42. The molecule has 0 spiro atoms. The third-order valence-electron chi connectivity index (χ3n) is 7.05. The zero-order valence-electron chi connectivity index (χ0n) is 16.6. The second kappa shape index (κ2) is 7.30. The van der Waals surface area contributed by atoms with Crippen LogP contribution in [0.15, 0.2) is 4.42 Å². The molecule has 0 radical (unpaired) electrons. The fraction of sp³-hybridized carbons (Fsp3) is 0.727. The van der Waals surface area contributed by atoms with Crippen molar-refractivity contribution in [3.63, 3.8) is 0 Å². The van der Waals surface area contributed by atoms with E-state index in [1.54, 1.807) is 6.92 Å². The summed E-state index contributed by atoms with van der Waals surface area (Å²) in [5, 5.41) is 6.73. The van der Waals surface area contributed by atoms with Crippen LogP contribution in [0.25, 0.3) is 0 Å². The highest BCUT2D eigenvalue weighted by atomic mass is 16.5. The number of ether oxygens (including phenoxy) is 1. The van der Waals surface area contributed by atoms with E-state index in [1.165, 1.54) is 12.8 Å². The Morgan fingerprint density at radius 3 is 2.79 bits per heavy atom. The second-order valence-corrected chi connectivity index (χ2v) is 9.15. The molecule has 2 saturated carbocycles. The molecule has 4 atom stereocenters. The average Bonchev–Trinajstić information content (AvgIpc) is 3.27. The maximum absolute atomic E-state index is 13.2. The van der Waals surface area contributed by atoms with Gasteiger partial charge in [-0.1, -0.05) is 0 Å². The van der Waals surface area contributed by atoms with Gasteiger partial charge in [0.2, 0.25) is 0 Å². The number of amides is 1. The number of rotatable bonds is 5. The summed E-state index contributed by atoms with van der Waals surface area (Å²) in [7, 11) is 0.